The third-order valence-electron chi connectivity index (χ3n) is 15.6. The maximum atomic E-state index is 14.5. The number of aliphatic imine (C=N–C) groups is 1. The summed E-state index contributed by atoms with van der Waals surface area (Å²) >= 11 is 5.81. The van der Waals surface area contributed by atoms with Gasteiger partial charge in [0.2, 0.25) is 65.0 Å². The van der Waals surface area contributed by atoms with Crippen LogP contribution in [-0.2, 0) is 70.4 Å². The lowest BCUT2D eigenvalue weighted by Crippen LogP contribution is -2.62. The van der Waals surface area contributed by atoms with E-state index in [4.69, 9.17) is 22.9 Å². The third kappa shape index (κ3) is 22.1. The standard InChI is InChI=1S/C60H87N17O15S2/c1-30(2)48(76-52(84)39(15-9-20-65-60(63)64)69-54(86)43(27-78)73-50(82)36(61)19-22-94-4)57(89)70-40(17-18-47(62)80)51(83)74-44(28-79)55(87)71-41(23-32-25-66-37-13-7-5-11-34(32)37)53(85)75-45(29-93)58(90)77-21-10-16-46(77)56(88)68-31(3)49(81)72-42(59(91)92)24-33-26-67-38-14-8-6-12-35(33)38/h5-8,11-14,25-26,30-31,36,39-46,48,66-67,78-79,93H,9-10,15-24,27-29,61H2,1-4H3,(H2,62,80)(H,68,88)(H,69,86)(H,70,89)(H,71,87)(H,72,81)(H,73,82)(H,74,83)(H,75,85)(H,76,84)(H,91,92)(H4,63,64,65)/t31-,36-,39-,40-,41-,42-,43-,44-,45-,46-,48-/m0/s1. The van der Waals surface area contributed by atoms with Gasteiger partial charge in [-0.25, -0.2) is 4.79 Å². The molecule has 0 radical (unpaired) electrons. The highest BCUT2D eigenvalue weighted by atomic mass is 32.2. The second-order valence-corrected chi connectivity index (χ2v) is 24.3. The Morgan fingerprint density at radius 1 is 0.628 bits per heavy atom. The third-order valence-corrected chi connectivity index (χ3v) is 16.6. The number of nitrogens with one attached hydrogen (secondary N) is 11. The molecule has 34 heteroatoms. The number of carboxylic acids is 1. The number of carbonyl (C=O) groups excluding carboxylic acids is 11. The molecule has 32 nitrogen and oxygen atoms in total. The van der Waals surface area contributed by atoms with Crippen LogP contribution in [0.5, 0.6) is 0 Å². The summed E-state index contributed by atoms with van der Waals surface area (Å²) in [6.45, 7) is 2.52. The van der Waals surface area contributed by atoms with Crippen molar-refractivity contribution < 1.29 is 72.9 Å². The van der Waals surface area contributed by atoms with Crippen molar-refractivity contribution in [1.29, 1.82) is 0 Å². The van der Waals surface area contributed by atoms with Gasteiger partial charge in [0.05, 0.1) is 19.3 Å². The van der Waals surface area contributed by atoms with Gasteiger partial charge in [-0.15, -0.1) is 0 Å². The smallest absolute Gasteiger partial charge is 0.326 e. The van der Waals surface area contributed by atoms with E-state index in [0.29, 0.717) is 34.2 Å². The summed E-state index contributed by atoms with van der Waals surface area (Å²) in [6, 6.07) is -1.48. The number of fused-ring (bicyclic) bond motifs is 2. The van der Waals surface area contributed by atoms with Crippen LogP contribution in [0.15, 0.2) is 65.9 Å². The lowest BCUT2D eigenvalue weighted by atomic mass is 10.0. The summed E-state index contributed by atoms with van der Waals surface area (Å²) in [4.78, 5) is 175. The number of nitrogens with zero attached hydrogens (tertiary/aromatic N) is 2. The molecule has 0 bridgehead atoms. The van der Waals surface area contributed by atoms with Gasteiger partial charge < -0.3 is 101 Å². The van der Waals surface area contributed by atoms with Gasteiger partial charge in [-0.05, 0) is 86.6 Å². The zero-order valence-electron chi connectivity index (χ0n) is 52.6. The second kappa shape index (κ2) is 37.0. The molecule has 0 unspecified atom stereocenters. The number of carboxylic acid groups (broad SMARTS) is 1. The zero-order chi connectivity index (χ0) is 69.3. The fourth-order valence-corrected chi connectivity index (χ4v) is 11.1. The van der Waals surface area contributed by atoms with Gasteiger partial charge in [-0.3, -0.25) is 57.7 Å². The number of H-pyrrole nitrogens is 2. The summed E-state index contributed by atoms with van der Waals surface area (Å²) in [5.41, 5.74) is 24.9. The summed E-state index contributed by atoms with van der Waals surface area (Å²) in [5, 5.41) is 54.6. The molecule has 1 saturated heterocycles. The highest BCUT2D eigenvalue weighted by molar-refractivity contribution is 7.98. The molecule has 3 heterocycles. The molecule has 5 rings (SSSR count). The number of aliphatic hydroxyl groups is 2. The highest BCUT2D eigenvalue weighted by Crippen LogP contribution is 2.23. The van der Waals surface area contributed by atoms with E-state index in [2.05, 4.69) is 75.4 Å². The molecule has 514 valence electrons. The lowest BCUT2D eigenvalue weighted by molar-refractivity contribution is -0.143. The van der Waals surface area contributed by atoms with Gasteiger partial charge in [-0.1, -0.05) is 50.2 Å². The van der Waals surface area contributed by atoms with Crippen molar-refractivity contribution in [2.75, 3.05) is 44.1 Å². The Morgan fingerprint density at radius 3 is 1.66 bits per heavy atom. The fourth-order valence-electron chi connectivity index (χ4n) is 10.3. The molecule has 4 aromatic rings. The lowest BCUT2D eigenvalue weighted by Gasteiger charge is -2.30. The summed E-state index contributed by atoms with van der Waals surface area (Å²) in [7, 11) is 0. The minimum absolute atomic E-state index is 0.00422. The predicted molar refractivity (Wildman–Crippen MR) is 352 cm³/mol. The van der Waals surface area contributed by atoms with Gasteiger partial charge in [-0.2, -0.15) is 24.4 Å². The largest absolute Gasteiger partial charge is 0.480 e. The van der Waals surface area contributed by atoms with Gasteiger partial charge >= 0.3 is 5.97 Å². The Bertz CT molecular complexity index is 3360. The van der Waals surface area contributed by atoms with Crippen LogP contribution in [0.2, 0.25) is 0 Å². The number of aliphatic carboxylic acids is 1. The Kier molecular flexibility index (Phi) is 29.8. The molecule has 1 aliphatic heterocycles. The van der Waals surface area contributed by atoms with E-state index in [1.54, 1.807) is 56.6 Å². The quantitative estimate of drug-likeness (QED) is 0.00877. The second-order valence-electron chi connectivity index (χ2n) is 22.9. The summed E-state index contributed by atoms with van der Waals surface area (Å²) in [5.74, 6) is -12.1. The predicted octanol–water partition coefficient (Wildman–Crippen LogP) is -4.14. The minimum atomic E-state index is -1.86. The van der Waals surface area contributed by atoms with E-state index in [0.717, 1.165) is 10.9 Å². The molecule has 11 atom stereocenters. The molecular formula is C60H87N17O15S2. The van der Waals surface area contributed by atoms with Crippen molar-refractivity contribution in [2.24, 2.45) is 33.8 Å². The summed E-state index contributed by atoms with van der Waals surface area (Å²) in [6.07, 6.45) is 4.51. The van der Waals surface area contributed by atoms with Crippen molar-refractivity contribution in [3.05, 3.63) is 72.1 Å². The Balaban J connectivity index is 1.30. The number of amides is 11. The number of aromatic nitrogens is 2. The van der Waals surface area contributed by atoms with Crippen molar-refractivity contribution in [3.63, 3.8) is 0 Å². The molecule has 1 fully saturated rings. The highest BCUT2D eigenvalue weighted by Gasteiger charge is 2.40. The molecule has 1 aliphatic rings. The molecule has 2 aromatic carbocycles. The van der Waals surface area contributed by atoms with Crippen molar-refractivity contribution in [2.45, 2.75) is 145 Å². The summed E-state index contributed by atoms with van der Waals surface area (Å²) < 4.78 is 0. The van der Waals surface area contributed by atoms with E-state index in [9.17, 15) is 72.9 Å². The number of para-hydroxylation sites is 2. The van der Waals surface area contributed by atoms with Crippen LogP contribution < -0.4 is 70.8 Å². The van der Waals surface area contributed by atoms with E-state index >= 15 is 0 Å². The number of thioether (sulfide) groups is 1. The van der Waals surface area contributed by atoms with Crippen LogP contribution in [0.4, 0.5) is 0 Å². The maximum absolute atomic E-state index is 14.5. The van der Waals surface area contributed by atoms with Gasteiger partial charge in [0.1, 0.15) is 60.4 Å². The number of nitrogens with two attached hydrogens (primary N) is 4. The first-order chi connectivity index (χ1) is 44.7. The first-order valence-electron chi connectivity index (χ1n) is 30.5. The average Bonchev–Trinajstić information content (AvgIpc) is 1.65. The topological polar surface area (TPSA) is 525 Å². The Hall–Kier alpha value is -8.99. The fraction of sp³-hybridized carbons (Fsp3) is 0.517. The van der Waals surface area contributed by atoms with Crippen LogP contribution in [0.1, 0.15) is 76.8 Å². The zero-order valence-corrected chi connectivity index (χ0v) is 54.3. The molecule has 0 spiro atoms. The number of benzene rings is 2. The van der Waals surface area contributed by atoms with Gasteiger partial charge in [0.25, 0.3) is 0 Å². The van der Waals surface area contributed by atoms with E-state index in [1.807, 2.05) is 24.5 Å². The number of likely N-dealkylation sites (tertiary alicyclic amines) is 1. The van der Waals surface area contributed by atoms with E-state index in [-0.39, 0.29) is 63.3 Å². The van der Waals surface area contributed by atoms with Crippen molar-refractivity contribution in [1.82, 2.24) is 62.7 Å². The number of guanidine groups is 1. The van der Waals surface area contributed by atoms with Crippen molar-refractivity contribution >= 4 is 123 Å². The molecule has 0 aliphatic carbocycles. The molecule has 11 amide bonds. The SMILES string of the molecule is CSCC[C@H](N)C(=O)N[C@@H](CO)C(=O)N[C@@H](CCCN=C(N)N)C(=O)N[C@H](C(=O)N[C@@H](CCC(N)=O)C(=O)N[C@@H](CO)C(=O)N[C@@H](Cc1c[nH]c2ccccc12)C(=O)N[C@@H](CS)C(=O)N1CCC[C@H]1C(=O)N[C@@H](C)C(=O)N[C@@H](Cc1c[nH]c2ccccc12)C(=O)O)C(C)C. The van der Waals surface area contributed by atoms with Crippen LogP contribution in [0.3, 0.4) is 0 Å². The van der Waals surface area contributed by atoms with Crippen LogP contribution >= 0.6 is 24.4 Å². The average molecular weight is 1350 g/mol. The number of hydrogen-bond donors (Lipinski definition) is 19. The number of hydrogen-bond acceptors (Lipinski definition) is 18. The normalized spacial score (nSPS) is 16.1. The van der Waals surface area contributed by atoms with Crippen LogP contribution in [0, 0.1) is 5.92 Å². The first-order valence-corrected chi connectivity index (χ1v) is 32.5. The number of thiol groups is 1. The number of carbonyl (C=O) groups is 12. The van der Waals surface area contributed by atoms with E-state index in [1.165, 1.54) is 23.6 Å². The van der Waals surface area contributed by atoms with Gasteiger partial charge in [0.15, 0.2) is 5.96 Å². The molecule has 0 saturated carbocycles. The molecule has 22 N–H and O–H groups in total. The van der Waals surface area contributed by atoms with Gasteiger partial charge in [0, 0.05) is 72.3 Å². The Labute approximate surface area is 551 Å². The number of rotatable bonds is 38. The Morgan fingerprint density at radius 2 is 1.12 bits per heavy atom. The molecule has 94 heavy (non-hydrogen) atoms. The number of aliphatic hydroxyl groups excluding tert-OH is 2. The molecular weight excluding hydrogens is 1260 g/mol. The minimum Gasteiger partial charge on any atom is -0.480 e. The molecule has 2 aromatic heterocycles. The number of aromatic amines is 2. The van der Waals surface area contributed by atoms with Crippen molar-refractivity contribution in [3.8, 4) is 0 Å². The van der Waals surface area contributed by atoms with E-state index < -0.39 is 169 Å². The number of primary amides is 1. The van der Waals surface area contributed by atoms with Crippen LogP contribution in [0.25, 0.3) is 21.8 Å². The monoisotopic (exact) mass is 1350 g/mol. The maximum Gasteiger partial charge on any atom is 0.326 e. The first kappa shape index (κ1) is 75.7. The van der Waals surface area contributed by atoms with Crippen LogP contribution in [-0.4, -0.2) is 218 Å².